The van der Waals surface area contributed by atoms with Gasteiger partial charge in [0.25, 0.3) is 5.91 Å². The van der Waals surface area contributed by atoms with Crippen LogP contribution in [0.5, 0.6) is 0 Å². The lowest BCUT2D eigenvalue weighted by Gasteiger charge is -2.26. The number of nitrogens with one attached hydrogen (secondary N) is 1. The molecule has 1 aliphatic carbocycles. The molecule has 3 rings (SSSR count). The maximum absolute atomic E-state index is 13.0. The molecule has 33 heavy (non-hydrogen) atoms. The van der Waals surface area contributed by atoms with Gasteiger partial charge in [-0.15, -0.1) is 0 Å². The van der Waals surface area contributed by atoms with Gasteiger partial charge in [-0.25, -0.2) is 4.68 Å². The van der Waals surface area contributed by atoms with Gasteiger partial charge in [-0.1, -0.05) is 61.6 Å². The van der Waals surface area contributed by atoms with Crippen molar-refractivity contribution in [2.45, 2.75) is 41.0 Å². The molecule has 0 aliphatic heterocycles. The van der Waals surface area contributed by atoms with E-state index in [1.165, 1.54) is 5.56 Å². The number of nitrogens with zero attached hydrogens (tertiary/aromatic N) is 2. The topological polar surface area (TPSA) is 46.9 Å². The first-order valence-electron chi connectivity index (χ1n) is 11.2. The van der Waals surface area contributed by atoms with Crippen LogP contribution in [0.4, 0.5) is 0 Å². The van der Waals surface area contributed by atoms with Gasteiger partial charge in [0.2, 0.25) is 0 Å². The number of allylic oxidation sites excluding steroid dienone is 7. The van der Waals surface area contributed by atoms with E-state index in [1.807, 2.05) is 68.0 Å². The molecule has 0 fully saturated rings. The monoisotopic (exact) mass is 461 g/mol. The van der Waals surface area contributed by atoms with Crippen LogP contribution in [-0.2, 0) is 11.2 Å². The SMILES string of the molecule is C=C/C=C(\C=C/C)NC(=O)C1=CC=CC(Cc2c(C)nn(-c3ccc(C)c(Cl)c3)c2C)[C@@H]1C. The van der Waals surface area contributed by atoms with Gasteiger partial charge in [-0.2, -0.15) is 5.10 Å². The molecular weight excluding hydrogens is 430 g/mol. The Kier molecular flexibility index (Phi) is 7.93. The van der Waals surface area contributed by atoms with Crippen LogP contribution in [-0.4, -0.2) is 15.7 Å². The van der Waals surface area contributed by atoms with Crippen molar-refractivity contribution in [2.24, 2.45) is 11.8 Å². The van der Waals surface area contributed by atoms with Gasteiger partial charge < -0.3 is 5.32 Å². The Hall–Kier alpha value is -3.11. The van der Waals surface area contributed by atoms with Crippen molar-refractivity contribution in [3.63, 3.8) is 0 Å². The number of aryl methyl sites for hydroxylation is 2. The summed E-state index contributed by atoms with van der Waals surface area (Å²) in [5.74, 6) is 0.184. The zero-order chi connectivity index (χ0) is 24.1. The fourth-order valence-corrected chi connectivity index (χ4v) is 4.37. The number of benzene rings is 1. The zero-order valence-electron chi connectivity index (χ0n) is 20.0. The predicted molar refractivity (Wildman–Crippen MR) is 138 cm³/mol. The van der Waals surface area contributed by atoms with Gasteiger partial charge in [0.05, 0.1) is 11.4 Å². The molecule has 1 aliphatic rings. The molecule has 0 radical (unpaired) electrons. The number of aromatic nitrogens is 2. The standard InChI is InChI=1S/C28H32ClN3O/c1-7-10-23(11-8-2)30-28(33)25-13-9-12-22(19(25)4)16-26-20(5)31-32(21(26)6)24-15-14-18(3)27(29)17-24/h7-15,17,19,22H,1,16H2,2-6H3,(H,30,33)/b11-8-,23-10+/t19-,22?/m0/s1. The van der Waals surface area contributed by atoms with Crippen LogP contribution < -0.4 is 5.32 Å². The molecule has 2 atom stereocenters. The van der Waals surface area contributed by atoms with Crippen molar-refractivity contribution < 1.29 is 4.79 Å². The predicted octanol–water partition coefficient (Wildman–Crippen LogP) is 6.50. The third kappa shape index (κ3) is 5.45. The average molecular weight is 462 g/mol. The summed E-state index contributed by atoms with van der Waals surface area (Å²) < 4.78 is 1.96. The van der Waals surface area contributed by atoms with Crippen LogP contribution >= 0.6 is 11.6 Å². The van der Waals surface area contributed by atoms with Crippen LogP contribution in [0.1, 0.15) is 36.4 Å². The van der Waals surface area contributed by atoms with E-state index in [9.17, 15) is 4.79 Å². The van der Waals surface area contributed by atoms with Gasteiger partial charge in [0, 0.05) is 22.0 Å². The Bertz CT molecular complexity index is 1180. The Morgan fingerprint density at radius 1 is 1.30 bits per heavy atom. The van der Waals surface area contributed by atoms with Crippen LogP contribution in [0, 0.1) is 32.6 Å². The molecule has 0 saturated carbocycles. The average Bonchev–Trinajstić information content (AvgIpc) is 3.05. The molecule has 1 amide bonds. The van der Waals surface area contributed by atoms with E-state index < -0.39 is 0 Å². The van der Waals surface area contributed by atoms with Crippen LogP contribution in [0.2, 0.25) is 5.02 Å². The van der Waals surface area contributed by atoms with Crippen molar-refractivity contribution in [3.05, 3.63) is 106 Å². The summed E-state index contributed by atoms with van der Waals surface area (Å²) in [7, 11) is 0. The normalized spacial score (nSPS) is 18.5. The summed E-state index contributed by atoms with van der Waals surface area (Å²) in [6.07, 6.45) is 14.1. The van der Waals surface area contributed by atoms with Crippen molar-refractivity contribution in [3.8, 4) is 5.69 Å². The number of rotatable bonds is 7. The highest BCUT2D eigenvalue weighted by molar-refractivity contribution is 6.31. The molecule has 172 valence electrons. The van der Waals surface area contributed by atoms with Crippen LogP contribution in [0.15, 0.2) is 78.6 Å². The first kappa shape index (κ1) is 24.5. The second-order valence-electron chi connectivity index (χ2n) is 8.47. The van der Waals surface area contributed by atoms with Gasteiger partial charge in [-0.05, 0) is 81.4 Å². The summed E-state index contributed by atoms with van der Waals surface area (Å²) in [6, 6.07) is 6.00. The van der Waals surface area contributed by atoms with Gasteiger partial charge in [-0.3, -0.25) is 4.79 Å². The second kappa shape index (κ2) is 10.7. The van der Waals surface area contributed by atoms with E-state index >= 15 is 0 Å². The fourth-order valence-electron chi connectivity index (χ4n) is 4.20. The van der Waals surface area contributed by atoms with Crippen LogP contribution in [0.3, 0.4) is 0 Å². The van der Waals surface area contributed by atoms with Gasteiger partial charge >= 0.3 is 0 Å². The third-order valence-electron chi connectivity index (χ3n) is 6.21. The number of hydrogen-bond donors (Lipinski definition) is 1. The van der Waals surface area contributed by atoms with Crippen molar-refractivity contribution in [1.29, 1.82) is 0 Å². The molecule has 4 nitrogen and oxygen atoms in total. The number of halogens is 1. The Morgan fingerprint density at radius 3 is 2.73 bits per heavy atom. The smallest absolute Gasteiger partial charge is 0.251 e. The largest absolute Gasteiger partial charge is 0.322 e. The molecule has 5 heteroatoms. The summed E-state index contributed by atoms with van der Waals surface area (Å²) >= 11 is 6.35. The number of hydrogen-bond acceptors (Lipinski definition) is 2. The Balaban J connectivity index is 1.81. The molecule has 0 saturated heterocycles. The third-order valence-corrected chi connectivity index (χ3v) is 6.62. The first-order valence-corrected chi connectivity index (χ1v) is 11.6. The summed E-state index contributed by atoms with van der Waals surface area (Å²) in [6.45, 7) is 13.9. The van der Waals surface area contributed by atoms with Crippen LogP contribution in [0.25, 0.3) is 5.69 Å². The zero-order valence-corrected chi connectivity index (χ0v) is 20.8. The lowest BCUT2D eigenvalue weighted by atomic mass is 9.79. The van der Waals surface area contributed by atoms with E-state index in [1.54, 1.807) is 12.2 Å². The first-order chi connectivity index (χ1) is 15.8. The second-order valence-corrected chi connectivity index (χ2v) is 8.88. The molecule has 1 aromatic heterocycles. The molecule has 0 spiro atoms. The van der Waals surface area contributed by atoms with E-state index in [0.717, 1.165) is 45.4 Å². The minimum absolute atomic E-state index is 0.0709. The number of carbonyl (C=O) groups is 1. The molecule has 1 N–H and O–H groups in total. The van der Waals surface area contributed by atoms with E-state index in [2.05, 4.69) is 31.8 Å². The molecule has 0 bridgehead atoms. The van der Waals surface area contributed by atoms with Crippen molar-refractivity contribution in [1.82, 2.24) is 15.1 Å². The van der Waals surface area contributed by atoms with Crippen molar-refractivity contribution >= 4 is 17.5 Å². The molecule has 2 aromatic rings. The summed E-state index contributed by atoms with van der Waals surface area (Å²) in [5.41, 5.74) is 6.79. The maximum Gasteiger partial charge on any atom is 0.251 e. The van der Waals surface area contributed by atoms with E-state index in [4.69, 9.17) is 16.7 Å². The van der Waals surface area contributed by atoms with Gasteiger partial charge in [0.15, 0.2) is 0 Å². The highest BCUT2D eigenvalue weighted by atomic mass is 35.5. The highest BCUT2D eigenvalue weighted by Crippen LogP contribution is 2.32. The van der Waals surface area contributed by atoms with E-state index in [-0.39, 0.29) is 17.7 Å². The van der Waals surface area contributed by atoms with Crippen molar-refractivity contribution in [2.75, 3.05) is 0 Å². The highest BCUT2D eigenvalue weighted by Gasteiger charge is 2.28. The molecular formula is C28H32ClN3O. The lowest BCUT2D eigenvalue weighted by Crippen LogP contribution is -2.30. The lowest BCUT2D eigenvalue weighted by molar-refractivity contribution is -0.117. The summed E-state index contributed by atoms with van der Waals surface area (Å²) in [4.78, 5) is 13.0. The minimum atomic E-state index is -0.0820. The quantitative estimate of drug-likeness (QED) is 0.478. The summed E-state index contributed by atoms with van der Waals surface area (Å²) in [5, 5.41) is 8.52. The minimum Gasteiger partial charge on any atom is -0.322 e. The molecule has 1 unspecified atom stereocenters. The van der Waals surface area contributed by atoms with E-state index in [0.29, 0.717) is 0 Å². The number of amides is 1. The maximum atomic E-state index is 13.0. The molecule has 1 heterocycles. The van der Waals surface area contributed by atoms with Gasteiger partial charge in [0.1, 0.15) is 0 Å². The molecule has 1 aromatic carbocycles. The number of carbonyl (C=O) groups excluding carboxylic acids is 1. The fraction of sp³-hybridized carbons (Fsp3) is 0.286. The Labute approximate surface area is 202 Å². The Morgan fingerprint density at radius 2 is 2.06 bits per heavy atom.